The van der Waals surface area contributed by atoms with E-state index in [4.69, 9.17) is 5.11 Å². The topological polar surface area (TPSA) is 49.3 Å². The number of alkyl halides is 1. The highest BCUT2D eigenvalue weighted by Crippen LogP contribution is 2.23. The van der Waals surface area contributed by atoms with Crippen LogP contribution in [0, 0.1) is 5.41 Å². The highest BCUT2D eigenvalue weighted by Gasteiger charge is 2.26. The average molecular weight is 314 g/mol. The second-order valence-electron chi connectivity index (χ2n) is 5.52. The molecule has 0 aliphatic carbocycles. The van der Waals surface area contributed by atoms with Gasteiger partial charge in [-0.15, -0.1) is 0 Å². The minimum atomic E-state index is -0.966. The first-order valence-electron chi connectivity index (χ1n) is 5.96. The van der Waals surface area contributed by atoms with Crippen molar-refractivity contribution in [2.24, 2.45) is 5.41 Å². The maximum atomic E-state index is 10.8. The Bertz CT molecular complexity index is 395. The molecule has 0 spiro atoms. The van der Waals surface area contributed by atoms with Crippen molar-refractivity contribution in [1.29, 1.82) is 0 Å². The third-order valence-corrected chi connectivity index (χ3v) is 3.61. The zero-order valence-electron chi connectivity index (χ0n) is 11.0. The molecular formula is C14H20BrNO2. The van der Waals surface area contributed by atoms with Crippen LogP contribution in [0.5, 0.6) is 0 Å². The molecule has 3 nitrogen and oxygen atoms in total. The summed E-state index contributed by atoms with van der Waals surface area (Å²) >= 11 is 3.41. The summed E-state index contributed by atoms with van der Waals surface area (Å²) in [5.41, 5.74) is 2.26. The molecule has 2 N–H and O–H groups in total. The predicted octanol–water partition coefficient (Wildman–Crippen LogP) is 3.81. The van der Waals surface area contributed by atoms with Crippen LogP contribution >= 0.6 is 15.9 Å². The molecule has 0 bridgehead atoms. The van der Waals surface area contributed by atoms with Crippen molar-refractivity contribution in [3.63, 3.8) is 0 Å². The lowest BCUT2D eigenvalue weighted by molar-refractivity contribution is 0.174. The molecule has 0 saturated heterocycles. The van der Waals surface area contributed by atoms with E-state index in [0.717, 1.165) is 10.9 Å². The fourth-order valence-corrected chi connectivity index (χ4v) is 2.10. The summed E-state index contributed by atoms with van der Waals surface area (Å²) in [5, 5.41) is 12.3. The maximum absolute atomic E-state index is 10.8. The van der Waals surface area contributed by atoms with Crippen molar-refractivity contribution in [2.45, 2.75) is 38.6 Å². The van der Waals surface area contributed by atoms with Crippen LogP contribution in [0.1, 0.15) is 31.9 Å². The number of nitrogens with one attached hydrogen (secondary N) is 1. The predicted molar refractivity (Wildman–Crippen MR) is 77.2 cm³/mol. The van der Waals surface area contributed by atoms with Gasteiger partial charge in [0.1, 0.15) is 0 Å². The van der Waals surface area contributed by atoms with Gasteiger partial charge in [0.05, 0.1) is 0 Å². The lowest BCUT2D eigenvalue weighted by atomic mass is 9.83. The summed E-state index contributed by atoms with van der Waals surface area (Å²) in [7, 11) is 0. The zero-order valence-corrected chi connectivity index (χ0v) is 12.6. The van der Waals surface area contributed by atoms with E-state index >= 15 is 0 Å². The van der Waals surface area contributed by atoms with E-state index in [2.05, 4.69) is 45.5 Å². The Morgan fingerprint density at radius 2 is 1.78 bits per heavy atom. The van der Waals surface area contributed by atoms with Crippen molar-refractivity contribution >= 4 is 22.0 Å². The largest absolute Gasteiger partial charge is 0.465 e. The number of benzene rings is 1. The fourth-order valence-electron chi connectivity index (χ4n) is 1.72. The third-order valence-electron chi connectivity index (χ3n) is 2.96. The highest BCUT2D eigenvalue weighted by atomic mass is 79.9. The van der Waals surface area contributed by atoms with Crippen molar-refractivity contribution < 1.29 is 9.90 Å². The molecule has 0 aliphatic heterocycles. The van der Waals surface area contributed by atoms with Gasteiger partial charge in [0.15, 0.2) is 0 Å². The Labute approximate surface area is 117 Å². The Morgan fingerprint density at radius 3 is 2.17 bits per heavy atom. The van der Waals surface area contributed by atoms with Crippen molar-refractivity contribution in [2.75, 3.05) is 0 Å². The standard InChI is InChI=1S/C14H20BrNO2/c1-14(2,3)12(16-13(17)18)8-10-4-6-11(9-15)7-5-10/h4-7,12,16H,8-9H2,1-3H3,(H,17,18). The monoisotopic (exact) mass is 313 g/mol. The number of halogens is 1. The van der Waals surface area contributed by atoms with E-state index in [1.165, 1.54) is 5.56 Å². The van der Waals surface area contributed by atoms with Crippen LogP contribution in [0.3, 0.4) is 0 Å². The number of carboxylic acid groups (broad SMARTS) is 1. The molecule has 0 saturated carbocycles. The van der Waals surface area contributed by atoms with Gasteiger partial charge in [0.2, 0.25) is 0 Å². The second-order valence-corrected chi connectivity index (χ2v) is 6.08. The molecule has 0 heterocycles. The smallest absolute Gasteiger partial charge is 0.404 e. The summed E-state index contributed by atoms with van der Waals surface area (Å²) in [6, 6.07) is 8.14. The van der Waals surface area contributed by atoms with Crippen LogP contribution < -0.4 is 5.32 Å². The van der Waals surface area contributed by atoms with E-state index in [1.54, 1.807) is 0 Å². The van der Waals surface area contributed by atoms with Gasteiger partial charge < -0.3 is 10.4 Å². The van der Waals surface area contributed by atoms with Gasteiger partial charge in [0.25, 0.3) is 0 Å². The van der Waals surface area contributed by atoms with E-state index in [9.17, 15) is 4.79 Å². The summed E-state index contributed by atoms with van der Waals surface area (Å²) in [4.78, 5) is 10.8. The van der Waals surface area contributed by atoms with Crippen LogP contribution in [0.25, 0.3) is 0 Å². The molecule has 1 atom stereocenters. The summed E-state index contributed by atoms with van der Waals surface area (Å²) in [6.07, 6.45) is -0.259. The molecule has 18 heavy (non-hydrogen) atoms. The summed E-state index contributed by atoms with van der Waals surface area (Å²) < 4.78 is 0. The first-order valence-corrected chi connectivity index (χ1v) is 7.08. The number of amides is 1. The first kappa shape index (κ1) is 15.0. The molecule has 100 valence electrons. The van der Waals surface area contributed by atoms with Crippen molar-refractivity contribution in [3.05, 3.63) is 35.4 Å². The molecule has 1 aromatic carbocycles. The van der Waals surface area contributed by atoms with E-state index < -0.39 is 6.09 Å². The molecule has 0 aliphatic rings. The normalized spacial score (nSPS) is 13.1. The first-order chi connectivity index (χ1) is 8.32. The van der Waals surface area contributed by atoms with Gasteiger partial charge in [0, 0.05) is 11.4 Å². The Balaban J connectivity index is 2.79. The molecule has 0 aromatic heterocycles. The van der Waals surface area contributed by atoms with Crippen LogP contribution in [0.4, 0.5) is 4.79 Å². The van der Waals surface area contributed by atoms with Crippen LogP contribution in [-0.4, -0.2) is 17.2 Å². The quantitative estimate of drug-likeness (QED) is 0.830. The van der Waals surface area contributed by atoms with Crippen molar-refractivity contribution in [3.8, 4) is 0 Å². The van der Waals surface area contributed by atoms with Gasteiger partial charge in [-0.3, -0.25) is 0 Å². The molecule has 1 unspecified atom stereocenters. The van der Waals surface area contributed by atoms with Crippen LogP contribution in [0.15, 0.2) is 24.3 Å². The lowest BCUT2D eigenvalue weighted by Crippen LogP contribution is -2.44. The Kier molecular flexibility index (Phi) is 5.20. The van der Waals surface area contributed by atoms with Crippen LogP contribution in [-0.2, 0) is 11.8 Å². The molecule has 4 heteroatoms. The molecule has 0 radical (unpaired) electrons. The maximum Gasteiger partial charge on any atom is 0.404 e. The van der Waals surface area contributed by atoms with Gasteiger partial charge in [-0.1, -0.05) is 61.0 Å². The number of hydrogen-bond acceptors (Lipinski definition) is 1. The van der Waals surface area contributed by atoms with Crippen LogP contribution in [0.2, 0.25) is 0 Å². The lowest BCUT2D eigenvalue weighted by Gasteiger charge is -2.30. The zero-order chi connectivity index (χ0) is 13.8. The molecule has 1 rings (SSSR count). The number of carbonyl (C=O) groups is 1. The molecule has 0 fully saturated rings. The SMILES string of the molecule is CC(C)(C)C(Cc1ccc(CBr)cc1)NC(=O)O. The summed E-state index contributed by atoms with van der Waals surface area (Å²) in [5.74, 6) is 0. The van der Waals surface area contributed by atoms with E-state index in [-0.39, 0.29) is 11.5 Å². The second kappa shape index (κ2) is 6.23. The third kappa shape index (κ3) is 4.69. The average Bonchev–Trinajstić information content (AvgIpc) is 2.27. The molecular weight excluding hydrogens is 294 g/mol. The van der Waals surface area contributed by atoms with E-state index in [1.807, 2.05) is 20.8 Å². The number of rotatable bonds is 4. The minimum Gasteiger partial charge on any atom is -0.465 e. The highest BCUT2D eigenvalue weighted by molar-refractivity contribution is 9.08. The van der Waals surface area contributed by atoms with Gasteiger partial charge >= 0.3 is 6.09 Å². The summed E-state index contributed by atoms with van der Waals surface area (Å²) in [6.45, 7) is 6.13. The fraction of sp³-hybridized carbons (Fsp3) is 0.500. The van der Waals surface area contributed by atoms with Crippen molar-refractivity contribution in [1.82, 2.24) is 5.32 Å². The van der Waals surface area contributed by atoms with Gasteiger partial charge in [-0.25, -0.2) is 4.79 Å². The minimum absolute atomic E-state index is 0.0928. The van der Waals surface area contributed by atoms with Gasteiger partial charge in [-0.2, -0.15) is 0 Å². The van der Waals surface area contributed by atoms with E-state index in [0.29, 0.717) is 6.42 Å². The Morgan fingerprint density at radius 1 is 1.28 bits per heavy atom. The Hall–Kier alpha value is -1.03. The number of hydrogen-bond donors (Lipinski definition) is 2. The molecule has 1 amide bonds. The van der Waals surface area contributed by atoms with Gasteiger partial charge in [-0.05, 0) is 23.0 Å². The molecule has 1 aromatic rings.